The maximum Gasteiger partial charge on any atom is 0.243 e. The Kier molecular flexibility index (Phi) is 4.94. The van der Waals surface area contributed by atoms with E-state index in [0.29, 0.717) is 24.3 Å². The summed E-state index contributed by atoms with van der Waals surface area (Å²) in [6.07, 6.45) is 0.605. The van der Waals surface area contributed by atoms with Crippen LogP contribution in [0.15, 0.2) is 36.4 Å². The van der Waals surface area contributed by atoms with Gasteiger partial charge in [0.05, 0.1) is 19.8 Å². The number of amides is 1. The normalized spacial score (nSPS) is 16.4. The first-order valence-electron chi connectivity index (χ1n) is 9.05. The second-order valence-corrected chi connectivity index (χ2v) is 6.76. The van der Waals surface area contributed by atoms with Crippen molar-refractivity contribution in [1.29, 1.82) is 0 Å². The molecule has 1 N–H and O–H groups in total. The minimum atomic E-state index is -0.889. The first-order chi connectivity index (χ1) is 13.1. The second-order valence-electron chi connectivity index (χ2n) is 6.76. The topological polar surface area (TPSA) is 44.8 Å². The van der Waals surface area contributed by atoms with Crippen LogP contribution in [-0.2, 0) is 16.0 Å². The van der Waals surface area contributed by atoms with E-state index in [1.54, 1.807) is 4.90 Å². The summed E-state index contributed by atoms with van der Waals surface area (Å²) in [4.78, 5) is 16.4. The number of fused-ring (bicyclic) bond motifs is 1. The summed E-state index contributed by atoms with van der Waals surface area (Å²) in [6, 6.07) is 10.1. The van der Waals surface area contributed by atoms with Gasteiger partial charge in [0.25, 0.3) is 0 Å². The molecular formula is C20H21F2N3O2. The number of carbonyl (C=O) groups excluding carboxylic acids is 1. The van der Waals surface area contributed by atoms with Crippen molar-refractivity contribution in [2.24, 2.45) is 0 Å². The SMILES string of the molecule is O=C(CN1CCc2cc(F)c(F)cc21)Nc1ccc(N2CCOCC2)cc1. The fraction of sp³-hybridized carbons (Fsp3) is 0.350. The molecular weight excluding hydrogens is 352 g/mol. The molecule has 0 aliphatic carbocycles. The smallest absolute Gasteiger partial charge is 0.243 e. The minimum Gasteiger partial charge on any atom is -0.378 e. The fourth-order valence-corrected chi connectivity index (χ4v) is 3.56. The van der Waals surface area contributed by atoms with Gasteiger partial charge in [-0.3, -0.25) is 4.79 Å². The standard InChI is InChI=1S/C20H21F2N3O2/c21-17-11-14-5-6-25(19(14)12-18(17)22)13-20(26)23-15-1-3-16(4-2-15)24-7-9-27-10-8-24/h1-4,11-12H,5-10,13H2,(H,23,26). The maximum atomic E-state index is 13.5. The van der Waals surface area contributed by atoms with Gasteiger partial charge in [0.2, 0.25) is 5.91 Å². The molecule has 0 unspecified atom stereocenters. The van der Waals surface area contributed by atoms with Crippen molar-refractivity contribution >= 4 is 23.0 Å². The predicted molar refractivity (Wildman–Crippen MR) is 100 cm³/mol. The van der Waals surface area contributed by atoms with Crippen LogP contribution >= 0.6 is 0 Å². The van der Waals surface area contributed by atoms with Crippen LogP contribution in [0.2, 0.25) is 0 Å². The van der Waals surface area contributed by atoms with Gasteiger partial charge < -0.3 is 19.9 Å². The third-order valence-electron chi connectivity index (χ3n) is 4.98. The van der Waals surface area contributed by atoms with E-state index in [1.807, 2.05) is 24.3 Å². The van der Waals surface area contributed by atoms with E-state index >= 15 is 0 Å². The molecule has 142 valence electrons. The van der Waals surface area contributed by atoms with Crippen molar-refractivity contribution in [2.45, 2.75) is 6.42 Å². The van der Waals surface area contributed by atoms with Crippen LogP contribution in [0.1, 0.15) is 5.56 Å². The highest BCUT2D eigenvalue weighted by Gasteiger charge is 2.23. The van der Waals surface area contributed by atoms with E-state index in [0.717, 1.165) is 37.6 Å². The van der Waals surface area contributed by atoms with Gasteiger partial charge in [-0.05, 0) is 42.3 Å². The average molecular weight is 373 g/mol. The molecule has 2 aromatic rings. The number of carbonyl (C=O) groups is 1. The van der Waals surface area contributed by atoms with Crippen LogP contribution in [0.5, 0.6) is 0 Å². The second kappa shape index (κ2) is 7.52. The van der Waals surface area contributed by atoms with E-state index < -0.39 is 11.6 Å². The third-order valence-corrected chi connectivity index (χ3v) is 4.98. The average Bonchev–Trinajstić information content (AvgIpc) is 3.05. The van der Waals surface area contributed by atoms with Gasteiger partial charge in [0, 0.05) is 42.8 Å². The van der Waals surface area contributed by atoms with Gasteiger partial charge in [-0.2, -0.15) is 0 Å². The molecule has 0 bridgehead atoms. The van der Waals surface area contributed by atoms with Gasteiger partial charge >= 0.3 is 0 Å². The summed E-state index contributed by atoms with van der Waals surface area (Å²) in [5.41, 5.74) is 3.13. The molecule has 7 heteroatoms. The first kappa shape index (κ1) is 17.7. The Labute approximate surface area is 156 Å². The van der Waals surface area contributed by atoms with Crippen LogP contribution in [0, 0.1) is 11.6 Å². The number of benzene rings is 2. The first-order valence-corrected chi connectivity index (χ1v) is 9.05. The highest BCUT2D eigenvalue weighted by molar-refractivity contribution is 5.94. The largest absolute Gasteiger partial charge is 0.378 e. The molecule has 2 aromatic carbocycles. The predicted octanol–water partition coefficient (Wildman–Crippen LogP) is 2.80. The van der Waals surface area contributed by atoms with Gasteiger partial charge in [0.1, 0.15) is 0 Å². The molecule has 0 radical (unpaired) electrons. The van der Waals surface area contributed by atoms with E-state index in [4.69, 9.17) is 4.74 Å². The van der Waals surface area contributed by atoms with Crippen LogP contribution in [-0.4, -0.2) is 45.3 Å². The maximum absolute atomic E-state index is 13.5. The summed E-state index contributed by atoms with van der Waals surface area (Å²) in [6.45, 7) is 3.83. The molecule has 0 saturated carbocycles. The number of nitrogens with zero attached hydrogens (tertiary/aromatic N) is 2. The molecule has 0 atom stereocenters. The van der Waals surface area contributed by atoms with Crippen molar-refractivity contribution in [1.82, 2.24) is 0 Å². The molecule has 4 rings (SSSR count). The summed E-state index contributed by atoms with van der Waals surface area (Å²) in [5.74, 6) is -1.92. The molecule has 1 saturated heterocycles. The quantitative estimate of drug-likeness (QED) is 0.895. The number of hydrogen-bond acceptors (Lipinski definition) is 4. The summed E-state index contributed by atoms with van der Waals surface area (Å²) in [7, 11) is 0. The molecule has 27 heavy (non-hydrogen) atoms. The van der Waals surface area contributed by atoms with E-state index in [9.17, 15) is 13.6 Å². The Morgan fingerprint density at radius 3 is 2.48 bits per heavy atom. The van der Waals surface area contributed by atoms with Gasteiger partial charge in [-0.15, -0.1) is 0 Å². The van der Waals surface area contributed by atoms with Gasteiger partial charge in [-0.25, -0.2) is 8.78 Å². The molecule has 2 heterocycles. The number of nitrogens with one attached hydrogen (secondary N) is 1. The van der Waals surface area contributed by atoms with Crippen molar-refractivity contribution in [3.05, 3.63) is 53.6 Å². The van der Waals surface area contributed by atoms with Crippen molar-refractivity contribution in [2.75, 3.05) is 54.5 Å². The number of ether oxygens (including phenoxy) is 1. The summed E-state index contributed by atoms with van der Waals surface area (Å²) < 4.78 is 32.2. The lowest BCUT2D eigenvalue weighted by Crippen LogP contribution is -2.36. The van der Waals surface area contributed by atoms with Crippen LogP contribution in [0.4, 0.5) is 25.8 Å². The molecule has 5 nitrogen and oxygen atoms in total. The Balaban J connectivity index is 1.37. The fourth-order valence-electron chi connectivity index (χ4n) is 3.56. The summed E-state index contributed by atoms with van der Waals surface area (Å²) >= 11 is 0. The van der Waals surface area contributed by atoms with Crippen molar-refractivity contribution in [3.63, 3.8) is 0 Å². The van der Waals surface area contributed by atoms with E-state index in [1.165, 1.54) is 12.1 Å². The lowest BCUT2D eigenvalue weighted by atomic mass is 10.1. The molecule has 2 aliphatic rings. The number of halogens is 2. The zero-order valence-corrected chi connectivity index (χ0v) is 14.9. The molecule has 0 aromatic heterocycles. The zero-order chi connectivity index (χ0) is 18.8. The van der Waals surface area contributed by atoms with Crippen molar-refractivity contribution < 1.29 is 18.3 Å². The minimum absolute atomic E-state index is 0.100. The molecule has 1 amide bonds. The Morgan fingerprint density at radius 1 is 1.04 bits per heavy atom. The van der Waals surface area contributed by atoms with Gasteiger partial charge in [0.15, 0.2) is 11.6 Å². The molecule has 0 spiro atoms. The Morgan fingerprint density at radius 2 is 1.74 bits per heavy atom. The van der Waals surface area contributed by atoms with Crippen LogP contribution in [0.3, 0.4) is 0 Å². The lowest BCUT2D eigenvalue weighted by molar-refractivity contribution is -0.115. The van der Waals surface area contributed by atoms with Crippen molar-refractivity contribution in [3.8, 4) is 0 Å². The van der Waals surface area contributed by atoms with E-state index in [-0.39, 0.29) is 12.5 Å². The lowest BCUT2D eigenvalue weighted by Gasteiger charge is -2.29. The van der Waals surface area contributed by atoms with E-state index in [2.05, 4.69) is 10.2 Å². The molecule has 1 fully saturated rings. The highest BCUT2D eigenvalue weighted by atomic mass is 19.2. The number of morpholine rings is 1. The number of hydrogen-bond donors (Lipinski definition) is 1. The number of rotatable bonds is 4. The van der Waals surface area contributed by atoms with Crippen LogP contribution in [0.25, 0.3) is 0 Å². The zero-order valence-electron chi connectivity index (χ0n) is 14.9. The Hall–Kier alpha value is -2.67. The monoisotopic (exact) mass is 373 g/mol. The van der Waals surface area contributed by atoms with Gasteiger partial charge in [-0.1, -0.05) is 0 Å². The third kappa shape index (κ3) is 3.88. The Bertz CT molecular complexity index is 836. The highest BCUT2D eigenvalue weighted by Crippen LogP contribution is 2.30. The molecule has 2 aliphatic heterocycles. The summed E-state index contributed by atoms with van der Waals surface area (Å²) in [5, 5.41) is 2.86. The van der Waals surface area contributed by atoms with Crippen LogP contribution < -0.4 is 15.1 Å². The number of anilines is 3.